The van der Waals surface area contributed by atoms with E-state index in [2.05, 4.69) is 20.8 Å². The van der Waals surface area contributed by atoms with Crippen LogP contribution in [0.5, 0.6) is 0 Å². The molecule has 0 aliphatic carbocycles. The van der Waals surface area contributed by atoms with Crippen molar-refractivity contribution < 1.29 is 9.21 Å². The van der Waals surface area contributed by atoms with Crippen molar-refractivity contribution in [2.24, 2.45) is 5.41 Å². The third-order valence-electron chi connectivity index (χ3n) is 5.33. The number of para-hydroxylation sites is 1. The average molecular weight is 369 g/mol. The third-order valence-corrected chi connectivity index (χ3v) is 6.19. The summed E-state index contributed by atoms with van der Waals surface area (Å²) < 4.78 is 5.81. The number of amides is 2. The van der Waals surface area contributed by atoms with Crippen LogP contribution in [0.1, 0.15) is 12.8 Å². The Morgan fingerprint density at radius 2 is 2.23 bits per heavy atom. The molecular formula is C18H19N5O2S. The number of benzene rings is 1. The Bertz CT molecular complexity index is 926. The molecule has 5 rings (SSSR count). The van der Waals surface area contributed by atoms with Crippen LogP contribution >= 0.6 is 11.3 Å². The van der Waals surface area contributed by atoms with Crippen LogP contribution in [0.15, 0.2) is 34.7 Å². The molecule has 1 aromatic carbocycles. The molecule has 2 aliphatic rings. The number of hydrogen-bond donors (Lipinski definition) is 2. The number of hydrogen-bond acceptors (Lipinski definition) is 6. The molecule has 1 atom stereocenters. The number of carbonyl (C=O) groups excluding carboxylic acids is 1. The summed E-state index contributed by atoms with van der Waals surface area (Å²) in [6, 6.07) is 9.66. The molecule has 2 fully saturated rings. The Morgan fingerprint density at radius 3 is 3.08 bits per heavy atom. The van der Waals surface area contributed by atoms with Crippen LogP contribution in [0.25, 0.3) is 21.7 Å². The number of likely N-dealkylation sites (tertiary alicyclic amines) is 1. The highest BCUT2D eigenvalue weighted by Gasteiger charge is 2.42. The molecular weight excluding hydrogens is 350 g/mol. The second-order valence-corrected chi connectivity index (χ2v) is 8.07. The van der Waals surface area contributed by atoms with E-state index in [9.17, 15) is 4.79 Å². The SMILES string of the molecule is O=C(Nc1nnc(-c2cc3ccccc3o2)s1)N1CCC2(CCNC2)C1. The standard InChI is InChI=1S/C18H19N5O2S/c24-17(23-8-6-18(11-23)5-7-19-10-18)20-16-22-21-15(26-16)14-9-12-3-1-2-4-13(12)25-14/h1-4,9,19H,5-8,10-11H2,(H,20,22,24). The minimum atomic E-state index is -0.0962. The van der Waals surface area contributed by atoms with Crippen molar-refractivity contribution in [2.45, 2.75) is 12.8 Å². The molecule has 2 saturated heterocycles. The van der Waals surface area contributed by atoms with Gasteiger partial charge in [0.1, 0.15) is 5.58 Å². The molecule has 3 aromatic rings. The van der Waals surface area contributed by atoms with Gasteiger partial charge in [-0.2, -0.15) is 0 Å². The predicted octanol–water partition coefficient (Wildman–Crippen LogP) is 3.17. The van der Waals surface area contributed by atoms with Gasteiger partial charge in [0.05, 0.1) is 0 Å². The maximum Gasteiger partial charge on any atom is 0.323 e. The van der Waals surface area contributed by atoms with E-state index < -0.39 is 0 Å². The summed E-state index contributed by atoms with van der Waals surface area (Å²) in [5, 5.41) is 16.7. The van der Waals surface area contributed by atoms with Gasteiger partial charge in [-0.3, -0.25) is 5.32 Å². The molecule has 0 saturated carbocycles. The Labute approximate surface area is 154 Å². The number of urea groups is 1. The zero-order valence-electron chi connectivity index (χ0n) is 14.2. The van der Waals surface area contributed by atoms with Gasteiger partial charge in [0, 0.05) is 30.4 Å². The number of aromatic nitrogens is 2. The maximum atomic E-state index is 12.6. The molecule has 1 unspecified atom stereocenters. The quantitative estimate of drug-likeness (QED) is 0.725. The Hall–Kier alpha value is -2.45. The van der Waals surface area contributed by atoms with Crippen LogP contribution in [-0.2, 0) is 0 Å². The van der Waals surface area contributed by atoms with Crippen LogP contribution in [-0.4, -0.2) is 47.3 Å². The fraction of sp³-hybridized carbons (Fsp3) is 0.389. The number of nitrogens with one attached hydrogen (secondary N) is 2. The molecule has 1 spiro atoms. The predicted molar refractivity (Wildman–Crippen MR) is 100 cm³/mol. The van der Waals surface area contributed by atoms with E-state index in [0.29, 0.717) is 15.9 Å². The number of carbonyl (C=O) groups is 1. The van der Waals surface area contributed by atoms with Crippen LogP contribution in [0.2, 0.25) is 0 Å². The van der Waals surface area contributed by atoms with Gasteiger partial charge < -0.3 is 14.6 Å². The van der Waals surface area contributed by atoms with Gasteiger partial charge in [0.2, 0.25) is 5.13 Å². The number of rotatable bonds is 2. The van der Waals surface area contributed by atoms with E-state index in [1.165, 1.54) is 11.3 Å². The highest BCUT2D eigenvalue weighted by atomic mass is 32.1. The van der Waals surface area contributed by atoms with Crippen molar-refractivity contribution >= 4 is 33.5 Å². The smallest absolute Gasteiger partial charge is 0.323 e. The first-order valence-electron chi connectivity index (χ1n) is 8.80. The van der Waals surface area contributed by atoms with Gasteiger partial charge in [-0.05, 0) is 31.5 Å². The van der Waals surface area contributed by atoms with Crippen molar-refractivity contribution in [3.63, 3.8) is 0 Å². The van der Waals surface area contributed by atoms with E-state index in [1.807, 2.05) is 35.2 Å². The van der Waals surface area contributed by atoms with Gasteiger partial charge in [0.25, 0.3) is 0 Å². The van der Waals surface area contributed by atoms with Crippen molar-refractivity contribution in [1.82, 2.24) is 20.4 Å². The summed E-state index contributed by atoms with van der Waals surface area (Å²) in [4.78, 5) is 14.4. The summed E-state index contributed by atoms with van der Waals surface area (Å²) >= 11 is 1.33. The molecule has 8 heteroatoms. The van der Waals surface area contributed by atoms with E-state index in [1.54, 1.807) is 0 Å². The summed E-state index contributed by atoms with van der Waals surface area (Å²) in [5.74, 6) is 0.668. The van der Waals surface area contributed by atoms with E-state index in [4.69, 9.17) is 4.42 Å². The van der Waals surface area contributed by atoms with Crippen molar-refractivity contribution in [2.75, 3.05) is 31.5 Å². The van der Waals surface area contributed by atoms with E-state index in [-0.39, 0.29) is 11.4 Å². The van der Waals surface area contributed by atoms with Crippen molar-refractivity contribution in [3.05, 3.63) is 30.3 Å². The lowest BCUT2D eigenvalue weighted by Crippen LogP contribution is -2.36. The Morgan fingerprint density at radius 1 is 1.31 bits per heavy atom. The molecule has 0 bridgehead atoms. The average Bonchev–Trinajstić information content (AvgIpc) is 3.42. The lowest BCUT2D eigenvalue weighted by molar-refractivity contribution is 0.215. The monoisotopic (exact) mass is 369 g/mol. The Balaban J connectivity index is 1.29. The molecule has 2 amide bonds. The fourth-order valence-corrected chi connectivity index (χ4v) is 4.57. The van der Waals surface area contributed by atoms with Crippen molar-refractivity contribution in [3.8, 4) is 10.8 Å². The van der Waals surface area contributed by atoms with Crippen LogP contribution < -0.4 is 10.6 Å². The van der Waals surface area contributed by atoms with Crippen LogP contribution in [0.3, 0.4) is 0 Å². The third kappa shape index (κ3) is 2.75. The highest BCUT2D eigenvalue weighted by Crippen LogP contribution is 2.36. The minimum absolute atomic E-state index is 0.0962. The normalized spacial score (nSPS) is 22.5. The first-order valence-corrected chi connectivity index (χ1v) is 9.62. The van der Waals surface area contributed by atoms with Gasteiger partial charge in [0.15, 0.2) is 10.8 Å². The molecule has 134 valence electrons. The van der Waals surface area contributed by atoms with Gasteiger partial charge in [-0.1, -0.05) is 29.5 Å². The zero-order chi connectivity index (χ0) is 17.6. The molecule has 0 radical (unpaired) electrons. The summed E-state index contributed by atoms with van der Waals surface area (Å²) in [6.45, 7) is 3.66. The number of furan rings is 1. The second-order valence-electron chi connectivity index (χ2n) is 7.09. The fourth-order valence-electron chi connectivity index (χ4n) is 3.88. The first-order chi connectivity index (χ1) is 12.7. The van der Waals surface area contributed by atoms with Crippen molar-refractivity contribution in [1.29, 1.82) is 0 Å². The summed E-state index contributed by atoms with van der Waals surface area (Å²) in [7, 11) is 0. The topological polar surface area (TPSA) is 83.3 Å². The molecule has 7 nitrogen and oxygen atoms in total. The summed E-state index contributed by atoms with van der Waals surface area (Å²) in [5.41, 5.74) is 1.08. The zero-order valence-corrected chi connectivity index (χ0v) is 15.0. The van der Waals surface area contributed by atoms with E-state index >= 15 is 0 Å². The van der Waals surface area contributed by atoms with Gasteiger partial charge in [-0.25, -0.2) is 4.79 Å². The lowest BCUT2D eigenvalue weighted by Gasteiger charge is -2.22. The number of fused-ring (bicyclic) bond motifs is 1. The second kappa shape index (κ2) is 6.07. The lowest BCUT2D eigenvalue weighted by atomic mass is 9.87. The number of nitrogens with zero attached hydrogens (tertiary/aromatic N) is 3. The highest BCUT2D eigenvalue weighted by molar-refractivity contribution is 7.18. The largest absolute Gasteiger partial charge is 0.453 e. The van der Waals surface area contributed by atoms with Gasteiger partial charge >= 0.3 is 6.03 Å². The molecule has 2 aliphatic heterocycles. The molecule has 2 N–H and O–H groups in total. The molecule has 4 heterocycles. The van der Waals surface area contributed by atoms with E-state index in [0.717, 1.165) is 50.0 Å². The first kappa shape index (κ1) is 15.8. The summed E-state index contributed by atoms with van der Waals surface area (Å²) in [6.07, 6.45) is 2.21. The maximum absolute atomic E-state index is 12.6. The minimum Gasteiger partial charge on any atom is -0.453 e. The number of anilines is 1. The van der Waals surface area contributed by atoms with Crippen LogP contribution in [0, 0.1) is 5.41 Å². The van der Waals surface area contributed by atoms with Gasteiger partial charge in [-0.15, -0.1) is 10.2 Å². The molecule has 2 aromatic heterocycles. The molecule has 26 heavy (non-hydrogen) atoms. The van der Waals surface area contributed by atoms with Crippen LogP contribution in [0.4, 0.5) is 9.93 Å². The Kier molecular flexibility index (Phi) is 3.68.